The predicted molar refractivity (Wildman–Crippen MR) is 281 cm³/mol. The molecule has 0 aromatic rings. The van der Waals surface area contributed by atoms with Gasteiger partial charge in [-0.1, -0.05) is 46.3 Å². The molecule has 85 heavy (non-hydrogen) atoms. The standard InChI is InChI=1S/C57H92O28/c1-24-41(81-45-40(72)42(30(65)18-76-45)82-48-43(73)55(75,22-61)23-77-48)37(69)39(71)47(79-24)84-57(15-27(62)29(64)19-78-57)85-49(74)56-12-11-50(2,3)13-26(56)25-7-8-32-51(4)14-28(63)44(83-46-38(70)36(68)35(67)31(17-58)80-46)54(20-59,21-60)33(51)9-10-52(32,5)53(25,6)16-34(56)66/h7,24,26-48,58-73,75H,8-23H2,1-6H3. The third-order valence-electron chi connectivity index (χ3n) is 22.6. The first-order chi connectivity index (χ1) is 39.8. The summed E-state index contributed by atoms with van der Waals surface area (Å²) in [6.45, 7) is 7.19. The Kier molecular flexibility index (Phi) is 18.4. The molecule has 9 fully saturated rings. The van der Waals surface area contributed by atoms with Crippen LogP contribution < -0.4 is 0 Å². The summed E-state index contributed by atoms with van der Waals surface area (Å²) in [5.74, 6) is -5.07. The van der Waals surface area contributed by atoms with Gasteiger partial charge in [0.15, 0.2) is 25.2 Å². The molecule has 28 nitrogen and oxygen atoms in total. The fourth-order valence-electron chi connectivity index (χ4n) is 17.4. The summed E-state index contributed by atoms with van der Waals surface area (Å²) >= 11 is 0. The van der Waals surface area contributed by atoms with Gasteiger partial charge in [-0.25, -0.2) is 0 Å². The lowest BCUT2D eigenvalue weighted by molar-refractivity contribution is -0.454. The van der Waals surface area contributed by atoms with Crippen molar-refractivity contribution in [3.63, 3.8) is 0 Å². The first kappa shape index (κ1) is 66.1. The smallest absolute Gasteiger partial charge is 0.334 e. The first-order valence-electron chi connectivity index (χ1n) is 29.9. The predicted octanol–water partition coefficient (Wildman–Crippen LogP) is -5.03. The highest BCUT2D eigenvalue weighted by Crippen LogP contribution is 2.76. The van der Waals surface area contributed by atoms with Crippen molar-refractivity contribution in [3.05, 3.63) is 11.6 Å². The normalized spacial score (nSPS) is 54.0. The van der Waals surface area contributed by atoms with Gasteiger partial charge < -0.3 is 129 Å². The molecule has 30 atom stereocenters. The van der Waals surface area contributed by atoms with Gasteiger partial charge in [-0.05, 0) is 97.7 Å². The van der Waals surface area contributed by atoms with E-state index in [1.54, 1.807) is 0 Å². The Morgan fingerprint density at radius 3 is 1.96 bits per heavy atom. The van der Waals surface area contributed by atoms with Gasteiger partial charge >= 0.3 is 11.9 Å². The van der Waals surface area contributed by atoms with Gasteiger partial charge in [0.05, 0.1) is 83.2 Å². The minimum Gasteiger partial charge on any atom is -0.407 e. The van der Waals surface area contributed by atoms with Crippen LogP contribution >= 0.6 is 0 Å². The van der Waals surface area contributed by atoms with Crippen LogP contribution in [0.3, 0.4) is 0 Å². The quantitative estimate of drug-likeness (QED) is 0.0335. The zero-order chi connectivity index (χ0) is 62.1. The average molecular weight is 1230 g/mol. The zero-order valence-electron chi connectivity index (χ0n) is 48.8. The van der Waals surface area contributed by atoms with Gasteiger partial charge in [0.25, 0.3) is 0 Å². The maximum Gasteiger partial charge on any atom is 0.334 e. The van der Waals surface area contributed by atoms with Crippen molar-refractivity contribution in [2.75, 3.05) is 46.2 Å². The highest BCUT2D eigenvalue weighted by molar-refractivity contribution is 5.80. The van der Waals surface area contributed by atoms with E-state index in [2.05, 4.69) is 33.8 Å². The van der Waals surface area contributed by atoms with Gasteiger partial charge in [-0.15, -0.1) is 0 Å². The van der Waals surface area contributed by atoms with Crippen LogP contribution in [0.15, 0.2) is 11.6 Å². The van der Waals surface area contributed by atoms with Crippen LogP contribution in [0.4, 0.5) is 0 Å². The fourth-order valence-corrected chi connectivity index (χ4v) is 17.4. The molecular formula is C57H92O28. The van der Waals surface area contributed by atoms with Crippen LogP contribution in [0.5, 0.6) is 0 Å². The molecule has 0 aromatic heterocycles. The topological polar surface area (TPSA) is 453 Å². The van der Waals surface area contributed by atoms with Gasteiger partial charge in [-0.3, -0.25) is 9.53 Å². The number of aliphatic hydroxyl groups is 17. The van der Waals surface area contributed by atoms with E-state index in [0.29, 0.717) is 32.1 Å². The molecule has 5 aliphatic carbocycles. The van der Waals surface area contributed by atoms with Crippen molar-refractivity contribution in [1.82, 2.24) is 0 Å². The van der Waals surface area contributed by atoms with E-state index in [0.717, 1.165) is 5.57 Å². The number of aliphatic hydroxyl groups excluding tert-OH is 16. The second kappa shape index (κ2) is 23.7. The lowest BCUT2D eigenvalue weighted by atomic mass is 9.33. The van der Waals surface area contributed by atoms with E-state index < -0.39 is 238 Å². The van der Waals surface area contributed by atoms with E-state index in [1.807, 2.05) is 6.92 Å². The Morgan fingerprint density at radius 1 is 0.635 bits per heavy atom. The van der Waals surface area contributed by atoms with E-state index in [9.17, 15) is 86.8 Å². The molecule has 30 unspecified atom stereocenters. The summed E-state index contributed by atoms with van der Waals surface area (Å²) in [4.78, 5) is 15.7. The van der Waals surface area contributed by atoms with Crippen LogP contribution in [0.1, 0.15) is 99.3 Å². The molecular weight excluding hydrogens is 1130 g/mol. The number of ether oxygens (including phenoxy) is 10. The van der Waals surface area contributed by atoms with Gasteiger partial charge in [0.2, 0.25) is 0 Å². The second-order valence-corrected chi connectivity index (χ2v) is 27.9. The second-order valence-electron chi connectivity index (χ2n) is 27.9. The fraction of sp³-hybridized carbons (Fsp3) is 0.947. The molecule has 0 radical (unpaired) electrons. The lowest BCUT2D eigenvalue weighted by Crippen LogP contribution is -2.72. The van der Waals surface area contributed by atoms with Crippen molar-refractivity contribution < 1.29 is 139 Å². The highest BCUT2D eigenvalue weighted by atomic mass is 16.9. The summed E-state index contributed by atoms with van der Waals surface area (Å²) in [7, 11) is 0. The summed E-state index contributed by atoms with van der Waals surface area (Å²) in [6.07, 6.45) is -30.4. The number of hydrogen-bond donors (Lipinski definition) is 17. The molecule has 10 rings (SSSR count). The van der Waals surface area contributed by atoms with Crippen molar-refractivity contribution in [2.45, 2.75) is 240 Å². The Bertz CT molecular complexity index is 2400. The van der Waals surface area contributed by atoms with Crippen LogP contribution in [0.25, 0.3) is 0 Å². The van der Waals surface area contributed by atoms with E-state index in [1.165, 1.54) is 6.92 Å². The molecule has 4 saturated carbocycles. The number of allylic oxidation sites excluding steroid dienone is 2. The summed E-state index contributed by atoms with van der Waals surface area (Å²) in [5.41, 5.74) is -7.13. The molecule has 0 spiro atoms. The third kappa shape index (κ3) is 10.6. The van der Waals surface area contributed by atoms with Crippen molar-refractivity contribution in [1.29, 1.82) is 0 Å². The van der Waals surface area contributed by atoms with Crippen molar-refractivity contribution >= 4 is 5.97 Å². The first-order valence-corrected chi connectivity index (χ1v) is 29.9. The number of rotatable bonds is 14. The number of hydrogen-bond acceptors (Lipinski definition) is 28. The molecule has 5 saturated heterocycles. The summed E-state index contributed by atoms with van der Waals surface area (Å²) in [5, 5.41) is 188. The highest BCUT2D eigenvalue weighted by Gasteiger charge is 2.74. The summed E-state index contributed by atoms with van der Waals surface area (Å²) in [6, 6.07) is 0. The largest absolute Gasteiger partial charge is 0.407 e. The molecule has 5 heterocycles. The molecule has 488 valence electrons. The third-order valence-corrected chi connectivity index (χ3v) is 22.6. The van der Waals surface area contributed by atoms with Gasteiger partial charge in [-0.2, -0.15) is 0 Å². The molecule has 0 amide bonds. The Hall–Kier alpha value is -1.83. The van der Waals surface area contributed by atoms with E-state index >= 15 is 4.79 Å². The number of carbonyl (C=O) groups excluding carboxylic acids is 1. The maximum atomic E-state index is 15.7. The lowest BCUT2D eigenvalue weighted by Gasteiger charge is -2.72. The van der Waals surface area contributed by atoms with Crippen molar-refractivity contribution in [2.24, 2.45) is 50.2 Å². The zero-order valence-corrected chi connectivity index (χ0v) is 48.8. The SMILES string of the molecule is CC1OC(OC2(OC(=O)C34CCC(C)(C)CC3C3=CCC5C6(C)CC(O)C(OC7OC(CO)C(O)C(O)C7O)C(CO)(CO)C6CCC5(C)C3(C)CC4O)CC(O)C(O)CO2)C(O)C(O)C1OC1OCC(O)C(OC2OCC(O)(CO)C2O)C1O. The Morgan fingerprint density at radius 2 is 1.32 bits per heavy atom. The van der Waals surface area contributed by atoms with Crippen LogP contribution in [-0.2, 0) is 52.2 Å². The number of carbonyl (C=O) groups is 1. The van der Waals surface area contributed by atoms with Crippen LogP contribution in [-0.4, -0.2) is 280 Å². The van der Waals surface area contributed by atoms with Crippen LogP contribution in [0, 0.1) is 50.2 Å². The van der Waals surface area contributed by atoms with E-state index in [4.69, 9.17) is 47.4 Å². The molecule has 0 aromatic carbocycles. The number of fused-ring (bicyclic) bond motifs is 7. The summed E-state index contributed by atoms with van der Waals surface area (Å²) < 4.78 is 59.0. The molecule has 5 aliphatic heterocycles. The van der Waals surface area contributed by atoms with Crippen molar-refractivity contribution in [3.8, 4) is 0 Å². The maximum absolute atomic E-state index is 15.7. The average Bonchev–Trinajstić information content (AvgIpc) is 0.979. The minimum absolute atomic E-state index is 0.0371. The molecule has 17 N–H and O–H groups in total. The molecule has 28 heteroatoms. The minimum atomic E-state index is -2.62. The van der Waals surface area contributed by atoms with E-state index in [-0.39, 0.29) is 30.6 Å². The van der Waals surface area contributed by atoms with Gasteiger partial charge in [0, 0.05) is 5.41 Å². The monoisotopic (exact) mass is 1220 g/mol. The Balaban J connectivity index is 0.895. The Labute approximate surface area is 491 Å². The number of esters is 1. The molecule has 0 bridgehead atoms. The van der Waals surface area contributed by atoms with Gasteiger partial charge in [0.1, 0.15) is 84.3 Å². The van der Waals surface area contributed by atoms with Crippen LogP contribution in [0.2, 0.25) is 0 Å². The molecule has 10 aliphatic rings.